The number of hydrogen-bond acceptors (Lipinski definition) is 6. The van der Waals surface area contributed by atoms with Gasteiger partial charge in [0.2, 0.25) is 5.82 Å². The summed E-state index contributed by atoms with van der Waals surface area (Å²) in [5.74, 6) is 0.0253. The van der Waals surface area contributed by atoms with Crippen LogP contribution in [-0.2, 0) is 4.74 Å². The number of anilines is 1. The van der Waals surface area contributed by atoms with Crippen LogP contribution in [0.3, 0.4) is 0 Å². The van der Waals surface area contributed by atoms with Gasteiger partial charge >= 0.3 is 5.97 Å². The lowest BCUT2D eigenvalue weighted by molar-refractivity contribution is 0.0586. The topological polar surface area (TPSA) is 79.1 Å². The standard InChI is InChI=1S/C11H14N4O2/c1-8(4-6-12)15(2)9-5-7-13-10(14-9)11(16)17-3/h5,7-8H,4H2,1-3H3. The molecule has 0 bridgehead atoms. The van der Waals surface area contributed by atoms with E-state index in [0.717, 1.165) is 0 Å². The predicted molar refractivity (Wildman–Crippen MR) is 61.5 cm³/mol. The zero-order chi connectivity index (χ0) is 12.8. The molecule has 0 saturated heterocycles. The number of nitriles is 1. The molecule has 6 heteroatoms. The monoisotopic (exact) mass is 234 g/mol. The molecule has 1 aromatic heterocycles. The summed E-state index contributed by atoms with van der Waals surface area (Å²) in [6.07, 6.45) is 1.87. The van der Waals surface area contributed by atoms with E-state index in [1.54, 1.807) is 6.07 Å². The predicted octanol–water partition coefficient (Wildman–Crippen LogP) is 1.00. The van der Waals surface area contributed by atoms with Crippen LogP contribution >= 0.6 is 0 Å². The summed E-state index contributed by atoms with van der Waals surface area (Å²) in [5.41, 5.74) is 0. The highest BCUT2D eigenvalue weighted by Crippen LogP contribution is 2.13. The molecular weight excluding hydrogens is 220 g/mol. The third kappa shape index (κ3) is 3.14. The van der Waals surface area contributed by atoms with Gasteiger partial charge in [-0.05, 0) is 13.0 Å². The van der Waals surface area contributed by atoms with E-state index in [-0.39, 0.29) is 11.9 Å². The number of carbonyl (C=O) groups is 1. The SMILES string of the molecule is COC(=O)c1nccc(N(C)C(C)CC#N)n1. The van der Waals surface area contributed by atoms with E-state index >= 15 is 0 Å². The lowest BCUT2D eigenvalue weighted by Crippen LogP contribution is -2.29. The second-order valence-electron chi connectivity index (χ2n) is 3.55. The summed E-state index contributed by atoms with van der Waals surface area (Å²) in [6.45, 7) is 1.91. The number of carbonyl (C=O) groups excluding carboxylic acids is 1. The van der Waals surface area contributed by atoms with Gasteiger partial charge in [0.1, 0.15) is 5.82 Å². The number of methoxy groups -OCH3 is 1. The molecule has 1 rings (SSSR count). The first-order valence-electron chi connectivity index (χ1n) is 5.11. The number of nitrogens with zero attached hydrogens (tertiary/aromatic N) is 4. The molecule has 0 aliphatic rings. The molecule has 1 atom stereocenters. The largest absolute Gasteiger partial charge is 0.463 e. The zero-order valence-electron chi connectivity index (χ0n) is 10.0. The van der Waals surface area contributed by atoms with Crippen LogP contribution in [-0.4, -0.2) is 36.1 Å². The van der Waals surface area contributed by atoms with Gasteiger partial charge in [-0.2, -0.15) is 5.26 Å². The second-order valence-corrected chi connectivity index (χ2v) is 3.55. The minimum absolute atomic E-state index is 0.0143. The van der Waals surface area contributed by atoms with Gasteiger partial charge in [0.25, 0.3) is 0 Å². The fourth-order valence-electron chi connectivity index (χ4n) is 1.23. The second kappa shape index (κ2) is 5.80. The Bertz CT molecular complexity index is 441. The van der Waals surface area contributed by atoms with Crippen molar-refractivity contribution in [2.24, 2.45) is 0 Å². The minimum Gasteiger partial charge on any atom is -0.463 e. The zero-order valence-corrected chi connectivity index (χ0v) is 10.0. The molecule has 6 nitrogen and oxygen atoms in total. The maximum absolute atomic E-state index is 11.3. The van der Waals surface area contributed by atoms with Crippen molar-refractivity contribution in [3.05, 3.63) is 18.1 Å². The van der Waals surface area contributed by atoms with Crippen molar-refractivity contribution in [2.45, 2.75) is 19.4 Å². The van der Waals surface area contributed by atoms with Gasteiger partial charge in [-0.15, -0.1) is 0 Å². The van der Waals surface area contributed by atoms with Crippen LogP contribution in [0.5, 0.6) is 0 Å². The van der Waals surface area contributed by atoms with Gasteiger partial charge in [-0.25, -0.2) is 14.8 Å². The van der Waals surface area contributed by atoms with E-state index in [0.29, 0.717) is 12.2 Å². The average molecular weight is 234 g/mol. The molecule has 17 heavy (non-hydrogen) atoms. The van der Waals surface area contributed by atoms with Crippen molar-refractivity contribution in [3.8, 4) is 6.07 Å². The summed E-state index contributed by atoms with van der Waals surface area (Å²) < 4.78 is 4.54. The molecule has 1 aromatic rings. The number of rotatable bonds is 4. The third-order valence-electron chi connectivity index (χ3n) is 2.42. The normalized spacial score (nSPS) is 11.4. The molecule has 0 spiro atoms. The minimum atomic E-state index is -0.576. The van der Waals surface area contributed by atoms with Crippen LogP contribution in [0, 0.1) is 11.3 Å². The smallest absolute Gasteiger partial charge is 0.376 e. The summed E-state index contributed by atoms with van der Waals surface area (Å²) in [4.78, 5) is 21.0. The number of hydrogen-bond donors (Lipinski definition) is 0. The molecule has 1 heterocycles. The number of ether oxygens (including phenoxy) is 1. The maximum atomic E-state index is 11.3. The Kier molecular flexibility index (Phi) is 4.40. The maximum Gasteiger partial charge on any atom is 0.376 e. The lowest BCUT2D eigenvalue weighted by Gasteiger charge is -2.23. The molecule has 0 aliphatic carbocycles. The van der Waals surface area contributed by atoms with Crippen molar-refractivity contribution in [3.63, 3.8) is 0 Å². The molecule has 1 unspecified atom stereocenters. The quantitative estimate of drug-likeness (QED) is 0.723. The number of aromatic nitrogens is 2. The Morgan fingerprint density at radius 1 is 1.71 bits per heavy atom. The Hall–Kier alpha value is -2.16. The Labute approximate surface area is 99.9 Å². The van der Waals surface area contributed by atoms with E-state index in [1.165, 1.54) is 13.3 Å². The Morgan fingerprint density at radius 3 is 3.00 bits per heavy atom. The lowest BCUT2D eigenvalue weighted by atomic mass is 10.2. The first kappa shape index (κ1) is 12.9. The van der Waals surface area contributed by atoms with Crippen molar-refractivity contribution in [1.29, 1.82) is 5.26 Å². The highest BCUT2D eigenvalue weighted by Gasteiger charge is 2.14. The fraction of sp³-hybridized carbons (Fsp3) is 0.455. The molecule has 0 amide bonds. The highest BCUT2D eigenvalue weighted by atomic mass is 16.5. The Morgan fingerprint density at radius 2 is 2.41 bits per heavy atom. The van der Waals surface area contributed by atoms with Crippen LogP contribution < -0.4 is 4.90 Å². The Balaban J connectivity index is 2.92. The van der Waals surface area contributed by atoms with E-state index in [1.807, 2.05) is 18.9 Å². The van der Waals surface area contributed by atoms with E-state index < -0.39 is 5.97 Å². The van der Waals surface area contributed by atoms with Gasteiger partial charge in [0.15, 0.2) is 0 Å². The van der Waals surface area contributed by atoms with Crippen molar-refractivity contribution >= 4 is 11.8 Å². The fourth-order valence-corrected chi connectivity index (χ4v) is 1.23. The van der Waals surface area contributed by atoms with E-state index in [2.05, 4.69) is 20.8 Å². The summed E-state index contributed by atoms with van der Waals surface area (Å²) in [7, 11) is 3.09. The molecule has 0 radical (unpaired) electrons. The summed E-state index contributed by atoms with van der Waals surface area (Å²) in [5, 5.41) is 8.63. The molecule has 0 N–H and O–H groups in total. The molecule has 0 fully saturated rings. The van der Waals surface area contributed by atoms with Crippen molar-refractivity contribution < 1.29 is 9.53 Å². The van der Waals surface area contributed by atoms with E-state index in [4.69, 9.17) is 5.26 Å². The van der Waals surface area contributed by atoms with Gasteiger partial charge in [-0.1, -0.05) is 0 Å². The van der Waals surface area contributed by atoms with Gasteiger partial charge in [0.05, 0.1) is 19.6 Å². The van der Waals surface area contributed by atoms with E-state index in [9.17, 15) is 4.79 Å². The highest BCUT2D eigenvalue weighted by molar-refractivity contribution is 5.85. The summed E-state index contributed by atoms with van der Waals surface area (Å²) >= 11 is 0. The first-order chi connectivity index (χ1) is 8.10. The summed E-state index contributed by atoms with van der Waals surface area (Å²) in [6, 6.07) is 3.79. The molecule has 0 aromatic carbocycles. The first-order valence-corrected chi connectivity index (χ1v) is 5.11. The van der Waals surface area contributed by atoms with Crippen molar-refractivity contribution in [1.82, 2.24) is 9.97 Å². The average Bonchev–Trinajstić information content (AvgIpc) is 2.37. The van der Waals surface area contributed by atoms with Crippen LogP contribution in [0.4, 0.5) is 5.82 Å². The van der Waals surface area contributed by atoms with Crippen LogP contribution in [0.25, 0.3) is 0 Å². The molecule has 0 aliphatic heterocycles. The molecule has 90 valence electrons. The van der Waals surface area contributed by atoms with Gasteiger partial charge in [0, 0.05) is 19.3 Å². The molecule has 0 saturated carbocycles. The van der Waals surface area contributed by atoms with Gasteiger partial charge < -0.3 is 9.64 Å². The van der Waals surface area contributed by atoms with Crippen molar-refractivity contribution in [2.75, 3.05) is 19.1 Å². The van der Waals surface area contributed by atoms with Crippen LogP contribution in [0.1, 0.15) is 24.0 Å². The van der Waals surface area contributed by atoms with Gasteiger partial charge in [-0.3, -0.25) is 0 Å². The molecular formula is C11H14N4O2. The van der Waals surface area contributed by atoms with Crippen LogP contribution in [0.2, 0.25) is 0 Å². The third-order valence-corrected chi connectivity index (χ3v) is 2.42. The van der Waals surface area contributed by atoms with Crippen LogP contribution in [0.15, 0.2) is 12.3 Å². The number of esters is 1.